The molecule has 2 amide bonds. The number of amides is 2. The highest BCUT2D eigenvalue weighted by atomic mass is 16.2. The quantitative estimate of drug-likeness (QED) is 0.789. The van der Waals surface area contributed by atoms with Crippen LogP contribution < -0.4 is 10.6 Å². The number of nitrogens with one attached hydrogen (secondary N) is 2. The Morgan fingerprint density at radius 2 is 1.65 bits per heavy atom. The summed E-state index contributed by atoms with van der Waals surface area (Å²) in [6, 6.07) is 9.11. The minimum Gasteiger partial charge on any atom is -0.359 e. The van der Waals surface area contributed by atoms with Gasteiger partial charge in [0.1, 0.15) is 13.1 Å². The largest absolute Gasteiger partial charge is 0.359 e. The van der Waals surface area contributed by atoms with E-state index in [1.807, 2.05) is 25.0 Å². The molecule has 0 aliphatic carbocycles. The molecular weight excluding hydrogens is 260 g/mol. The highest BCUT2D eigenvalue weighted by Gasteiger charge is 1.97. The van der Waals surface area contributed by atoms with Crippen molar-refractivity contribution in [3.8, 4) is 0 Å². The highest BCUT2D eigenvalue weighted by molar-refractivity contribution is 5.93. The van der Waals surface area contributed by atoms with Crippen molar-refractivity contribution in [2.75, 3.05) is 14.1 Å². The zero-order valence-corrected chi connectivity index (χ0v) is 11.7. The summed E-state index contributed by atoms with van der Waals surface area (Å²) in [7, 11) is 3.17. The van der Waals surface area contributed by atoms with Crippen LogP contribution in [-0.4, -0.2) is 39.0 Å². The van der Waals surface area contributed by atoms with Gasteiger partial charge < -0.3 is 20.2 Å². The molecule has 0 atom stereocenters. The van der Waals surface area contributed by atoms with Crippen LogP contribution in [0.2, 0.25) is 0 Å². The van der Waals surface area contributed by atoms with Crippen LogP contribution in [0.1, 0.15) is 23.2 Å². The molecule has 6 heteroatoms. The van der Waals surface area contributed by atoms with Gasteiger partial charge in [-0.25, -0.2) is 0 Å². The van der Waals surface area contributed by atoms with Crippen molar-refractivity contribution in [1.29, 1.82) is 0 Å². The van der Waals surface area contributed by atoms with E-state index in [9.17, 15) is 14.4 Å². The first-order valence-corrected chi connectivity index (χ1v) is 5.86. The first kappa shape index (κ1) is 19.8. The van der Waals surface area contributed by atoms with Gasteiger partial charge in [-0.3, -0.25) is 9.59 Å². The van der Waals surface area contributed by atoms with E-state index in [2.05, 4.69) is 10.6 Å². The van der Waals surface area contributed by atoms with E-state index in [0.29, 0.717) is 18.4 Å². The second-order valence-electron chi connectivity index (χ2n) is 3.32. The predicted octanol–water partition coefficient (Wildman–Crippen LogP) is 0.573. The van der Waals surface area contributed by atoms with Gasteiger partial charge in [0.15, 0.2) is 0 Å². The summed E-state index contributed by atoms with van der Waals surface area (Å²) in [5.41, 5.74) is 0.699. The van der Waals surface area contributed by atoms with Gasteiger partial charge in [0, 0.05) is 32.5 Å². The van der Waals surface area contributed by atoms with Crippen LogP contribution in [0.5, 0.6) is 0 Å². The van der Waals surface area contributed by atoms with Gasteiger partial charge >= 0.3 is 0 Å². The third kappa shape index (κ3) is 10.6. The molecule has 2 N–H and O–H groups in total. The van der Waals surface area contributed by atoms with Crippen LogP contribution in [0.3, 0.4) is 0 Å². The molecular formula is C14H20N2O4. The van der Waals surface area contributed by atoms with Gasteiger partial charge in [0.2, 0.25) is 5.91 Å². The maximum atomic E-state index is 10.9. The van der Waals surface area contributed by atoms with Crippen LogP contribution in [0.15, 0.2) is 30.3 Å². The number of rotatable bonds is 4. The van der Waals surface area contributed by atoms with E-state index in [4.69, 9.17) is 4.79 Å². The molecule has 1 rings (SSSR count). The van der Waals surface area contributed by atoms with Gasteiger partial charge in [-0.05, 0) is 12.1 Å². The lowest BCUT2D eigenvalue weighted by molar-refractivity contribution is -0.122. The molecule has 6 nitrogen and oxygen atoms in total. The highest BCUT2D eigenvalue weighted by Crippen LogP contribution is 1.96. The van der Waals surface area contributed by atoms with Crippen LogP contribution >= 0.6 is 0 Å². The fourth-order valence-electron chi connectivity index (χ4n) is 1.05. The number of hydrogen-bond acceptors (Lipinski definition) is 4. The van der Waals surface area contributed by atoms with Crippen LogP contribution in [-0.2, 0) is 14.4 Å². The van der Waals surface area contributed by atoms with Crippen molar-refractivity contribution in [3.63, 3.8) is 0 Å². The molecule has 110 valence electrons. The lowest BCUT2D eigenvalue weighted by Crippen LogP contribution is -2.17. The first-order valence-electron chi connectivity index (χ1n) is 5.86. The summed E-state index contributed by atoms with van der Waals surface area (Å²) in [6.45, 7) is 2.00. The predicted molar refractivity (Wildman–Crippen MR) is 76.3 cm³/mol. The van der Waals surface area contributed by atoms with E-state index in [1.54, 1.807) is 26.2 Å². The van der Waals surface area contributed by atoms with E-state index in [1.165, 1.54) is 0 Å². The smallest absolute Gasteiger partial charge is 0.251 e. The summed E-state index contributed by atoms with van der Waals surface area (Å²) < 4.78 is 0. The lowest BCUT2D eigenvalue weighted by Gasteiger charge is -1.96. The number of benzene rings is 1. The molecule has 20 heavy (non-hydrogen) atoms. The molecule has 0 unspecified atom stereocenters. The molecule has 1 aromatic rings. The van der Waals surface area contributed by atoms with Crippen molar-refractivity contribution < 1.29 is 19.2 Å². The number of carbonyl (C=O) groups excluding carboxylic acids is 4. The second-order valence-corrected chi connectivity index (χ2v) is 3.32. The molecule has 0 bridgehead atoms. The average molecular weight is 280 g/mol. The summed E-state index contributed by atoms with van der Waals surface area (Å²) >= 11 is 0. The van der Waals surface area contributed by atoms with Crippen molar-refractivity contribution in [3.05, 3.63) is 35.9 Å². The molecule has 0 radical (unpaired) electrons. The Morgan fingerprint density at radius 1 is 1.10 bits per heavy atom. The number of aldehydes is 1. The third-order valence-electron chi connectivity index (χ3n) is 2.03. The lowest BCUT2D eigenvalue weighted by atomic mass is 10.2. The molecule has 0 aliphatic heterocycles. The van der Waals surface area contributed by atoms with Crippen molar-refractivity contribution in [2.24, 2.45) is 0 Å². The van der Waals surface area contributed by atoms with Crippen molar-refractivity contribution >= 4 is 24.9 Å². The fraction of sp³-hybridized carbons (Fsp3) is 0.286. The van der Waals surface area contributed by atoms with Crippen LogP contribution in [0, 0.1) is 0 Å². The first-order chi connectivity index (χ1) is 9.65. The molecule has 0 aromatic heterocycles. The Labute approximate surface area is 118 Å². The Kier molecular flexibility index (Phi) is 14.4. The summed E-state index contributed by atoms with van der Waals surface area (Å²) in [4.78, 5) is 38.8. The zero-order valence-electron chi connectivity index (χ0n) is 11.7. The number of carbonyl (C=O) groups is 4. The van der Waals surface area contributed by atoms with Gasteiger partial charge in [-0.1, -0.05) is 18.2 Å². The Morgan fingerprint density at radius 3 is 2.05 bits per heavy atom. The SMILES string of the molecule is C=O.CNC(=O)CCC=O.CNC(=O)c1ccccc1. The monoisotopic (exact) mass is 280 g/mol. The van der Waals surface area contributed by atoms with Crippen molar-refractivity contribution in [2.45, 2.75) is 12.8 Å². The summed E-state index contributed by atoms with van der Waals surface area (Å²) in [6.07, 6.45) is 1.36. The maximum absolute atomic E-state index is 10.9. The molecule has 0 saturated carbocycles. The van der Waals surface area contributed by atoms with E-state index in [-0.39, 0.29) is 11.8 Å². The zero-order chi connectivity index (χ0) is 15.8. The van der Waals surface area contributed by atoms with Gasteiger partial charge in [0.25, 0.3) is 5.91 Å². The average Bonchev–Trinajstić information content (AvgIpc) is 2.55. The maximum Gasteiger partial charge on any atom is 0.251 e. The minimum absolute atomic E-state index is 0.0411. The van der Waals surface area contributed by atoms with Gasteiger partial charge in [-0.2, -0.15) is 0 Å². The normalized spacial score (nSPS) is 7.90. The summed E-state index contributed by atoms with van der Waals surface area (Å²) in [5, 5.41) is 4.94. The molecule has 0 heterocycles. The van der Waals surface area contributed by atoms with Crippen LogP contribution in [0.4, 0.5) is 0 Å². The fourth-order valence-corrected chi connectivity index (χ4v) is 1.05. The Bertz CT molecular complexity index is 393. The molecule has 1 aromatic carbocycles. The van der Waals surface area contributed by atoms with Gasteiger partial charge in [-0.15, -0.1) is 0 Å². The van der Waals surface area contributed by atoms with Crippen LogP contribution in [0.25, 0.3) is 0 Å². The molecule has 0 fully saturated rings. The summed E-state index contributed by atoms with van der Waals surface area (Å²) in [5.74, 6) is -0.127. The Hall–Kier alpha value is -2.50. The molecule has 0 saturated heterocycles. The topological polar surface area (TPSA) is 92.3 Å². The number of hydrogen-bond donors (Lipinski definition) is 2. The Balaban J connectivity index is 0. The van der Waals surface area contributed by atoms with E-state index in [0.717, 1.165) is 6.29 Å². The van der Waals surface area contributed by atoms with Crippen molar-refractivity contribution in [1.82, 2.24) is 10.6 Å². The molecule has 0 spiro atoms. The molecule has 0 aliphatic rings. The second kappa shape index (κ2) is 14.6. The third-order valence-corrected chi connectivity index (χ3v) is 2.03. The van der Waals surface area contributed by atoms with E-state index < -0.39 is 0 Å². The van der Waals surface area contributed by atoms with E-state index >= 15 is 0 Å². The minimum atomic E-state index is -0.0860. The van der Waals surface area contributed by atoms with Gasteiger partial charge in [0.05, 0.1) is 0 Å². The standard InChI is InChI=1S/C8H9NO.C5H9NO2.CH2O/c1-9-8(10)7-5-3-2-4-6-7;1-6-5(8)3-2-4-7;1-2/h2-6H,1H3,(H,9,10);4H,2-3H2,1H3,(H,6,8);1H2.